The van der Waals surface area contributed by atoms with E-state index in [0.717, 1.165) is 12.1 Å². The monoisotopic (exact) mass is 286 g/mol. The van der Waals surface area contributed by atoms with Crippen LogP contribution in [0.5, 0.6) is 0 Å². The molecule has 1 heterocycles. The van der Waals surface area contributed by atoms with Crippen LogP contribution in [-0.2, 0) is 4.74 Å². The molecule has 1 aromatic heterocycles. The quantitative estimate of drug-likeness (QED) is 0.795. The molecule has 1 aromatic carbocycles. The number of benzene rings is 1. The molecular weight excluding hydrogens is 264 g/mol. The van der Waals surface area contributed by atoms with Gasteiger partial charge in [0.05, 0.1) is 6.10 Å². The van der Waals surface area contributed by atoms with Gasteiger partial charge in [0, 0.05) is 36.8 Å². The first-order valence-electron chi connectivity index (χ1n) is 7.30. The normalized spacial score (nSPS) is 10.8. The highest BCUT2D eigenvalue weighted by Crippen LogP contribution is 2.10. The highest BCUT2D eigenvalue weighted by atomic mass is 16.5. The third-order valence-corrected chi connectivity index (χ3v) is 3.07. The van der Waals surface area contributed by atoms with E-state index < -0.39 is 0 Å². The topological polar surface area (TPSA) is 43.3 Å². The van der Waals surface area contributed by atoms with Crippen LogP contribution < -0.4 is 5.32 Å². The van der Waals surface area contributed by atoms with Crippen molar-refractivity contribution in [2.45, 2.75) is 26.4 Å². The Morgan fingerprint density at radius 2 is 2.00 bits per heavy atom. The maximum absolute atomic E-state index is 12.1. The molecule has 4 nitrogen and oxygen atoms in total. The summed E-state index contributed by atoms with van der Waals surface area (Å²) in [7, 11) is 0. The molecular formula is C17H22N2O2. The molecule has 1 amide bonds. The number of carbonyl (C=O) groups excluding carboxylic acids is 1. The van der Waals surface area contributed by atoms with E-state index in [1.807, 2.05) is 67.2 Å². The second-order valence-electron chi connectivity index (χ2n) is 5.17. The van der Waals surface area contributed by atoms with Gasteiger partial charge in [0.15, 0.2) is 0 Å². The maximum Gasteiger partial charge on any atom is 0.251 e. The lowest BCUT2D eigenvalue weighted by atomic mass is 10.2. The van der Waals surface area contributed by atoms with Crippen molar-refractivity contribution in [1.82, 2.24) is 9.88 Å². The van der Waals surface area contributed by atoms with Gasteiger partial charge in [-0.3, -0.25) is 4.79 Å². The first-order chi connectivity index (χ1) is 10.2. The molecule has 0 radical (unpaired) electrons. The van der Waals surface area contributed by atoms with Crippen LogP contribution in [0.25, 0.3) is 5.69 Å². The molecule has 0 saturated carbocycles. The number of hydrogen-bond donors (Lipinski definition) is 1. The minimum atomic E-state index is -0.0476. The van der Waals surface area contributed by atoms with E-state index in [0.29, 0.717) is 18.7 Å². The van der Waals surface area contributed by atoms with Gasteiger partial charge in [0.25, 0.3) is 5.91 Å². The smallest absolute Gasteiger partial charge is 0.251 e. The Labute approximate surface area is 125 Å². The standard InChI is InChI=1S/C17H22N2O2/c1-14(2)21-12-6-9-18-17(20)15-7-5-8-16(13-15)19-10-3-4-11-19/h3-5,7-8,10-11,13-14H,6,9,12H2,1-2H3,(H,18,20). The number of amides is 1. The first-order valence-corrected chi connectivity index (χ1v) is 7.30. The molecule has 0 aliphatic rings. The summed E-state index contributed by atoms with van der Waals surface area (Å²) < 4.78 is 7.42. The molecule has 0 aliphatic heterocycles. The van der Waals surface area contributed by atoms with E-state index in [2.05, 4.69) is 5.32 Å². The number of rotatable bonds is 7. The van der Waals surface area contributed by atoms with Gasteiger partial charge in [-0.2, -0.15) is 0 Å². The van der Waals surface area contributed by atoms with Crippen molar-refractivity contribution in [2.75, 3.05) is 13.2 Å². The molecule has 112 valence electrons. The average molecular weight is 286 g/mol. The second-order valence-corrected chi connectivity index (χ2v) is 5.17. The Morgan fingerprint density at radius 3 is 2.71 bits per heavy atom. The Morgan fingerprint density at radius 1 is 1.24 bits per heavy atom. The average Bonchev–Trinajstić information content (AvgIpc) is 3.01. The molecule has 21 heavy (non-hydrogen) atoms. The van der Waals surface area contributed by atoms with Gasteiger partial charge in [0.1, 0.15) is 0 Å². The van der Waals surface area contributed by atoms with Gasteiger partial charge in [-0.05, 0) is 50.6 Å². The van der Waals surface area contributed by atoms with E-state index in [9.17, 15) is 4.79 Å². The Hall–Kier alpha value is -2.07. The zero-order valence-corrected chi connectivity index (χ0v) is 12.6. The molecule has 4 heteroatoms. The summed E-state index contributed by atoms with van der Waals surface area (Å²) in [4.78, 5) is 12.1. The molecule has 2 aromatic rings. The van der Waals surface area contributed by atoms with Gasteiger partial charge in [-0.15, -0.1) is 0 Å². The lowest BCUT2D eigenvalue weighted by molar-refractivity contribution is 0.0757. The lowest BCUT2D eigenvalue weighted by Gasteiger charge is -2.09. The van der Waals surface area contributed by atoms with Crippen LogP contribution in [0.15, 0.2) is 48.8 Å². The zero-order valence-electron chi connectivity index (χ0n) is 12.6. The zero-order chi connectivity index (χ0) is 15.1. The summed E-state index contributed by atoms with van der Waals surface area (Å²) in [5.74, 6) is -0.0476. The number of hydrogen-bond acceptors (Lipinski definition) is 2. The fourth-order valence-electron chi connectivity index (χ4n) is 2.01. The van der Waals surface area contributed by atoms with E-state index in [-0.39, 0.29) is 12.0 Å². The van der Waals surface area contributed by atoms with E-state index in [1.165, 1.54) is 0 Å². The molecule has 2 rings (SSSR count). The third-order valence-electron chi connectivity index (χ3n) is 3.07. The van der Waals surface area contributed by atoms with Crippen molar-refractivity contribution in [2.24, 2.45) is 0 Å². The summed E-state index contributed by atoms with van der Waals surface area (Å²) in [6, 6.07) is 11.5. The highest BCUT2D eigenvalue weighted by Gasteiger charge is 2.06. The predicted molar refractivity (Wildman–Crippen MR) is 83.8 cm³/mol. The minimum absolute atomic E-state index is 0.0476. The SMILES string of the molecule is CC(C)OCCCNC(=O)c1cccc(-n2cccc2)c1. The van der Waals surface area contributed by atoms with Crippen LogP contribution in [0.1, 0.15) is 30.6 Å². The molecule has 0 saturated heterocycles. The molecule has 0 bridgehead atoms. The van der Waals surface area contributed by atoms with Crippen LogP contribution in [-0.4, -0.2) is 29.7 Å². The van der Waals surface area contributed by atoms with Gasteiger partial charge in [-0.1, -0.05) is 6.07 Å². The molecule has 1 N–H and O–H groups in total. The number of carbonyl (C=O) groups is 1. The minimum Gasteiger partial charge on any atom is -0.379 e. The Bertz CT molecular complexity index is 562. The number of aromatic nitrogens is 1. The first kappa shape index (κ1) is 15.3. The molecule has 0 spiro atoms. The van der Waals surface area contributed by atoms with Gasteiger partial charge >= 0.3 is 0 Å². The second kappa shape index (κ2) is 7.64. The van der Waals surface area contributed by atoms with Gasteiger partial charge in [-0.25, -0.2) is 0 Å². The molecule has 0 atom stereocenters. The summed E-state index contributed by atoms with van der Waals surface area (Å²) in [5, 5.41) is 2.92. The number of nitrogens with one attached hydrogen (secondary N) is 1. The van der Waals surface area contributed by atoms with Gasteiger partial charge < -0.3 is 14.6 Å². The molecule has 0 aliphatic carbocycles. The van der Waals surface area contributed by atoms with Crippen molar-refractivity contribution in [3.63, 3.8) is 0 Å². The maximum atomic E-state index is 12.1. The molecule has 0 fully saturated rings. The van der Waals surface area contributed by atoms with Gasteiger partial charge in [0.2, 0.25) is 0 Å². The number of ether oxygens (including phenoxy) is 1. The summed E-state index contributed by atoms with van der Waals surface area (Å²) in [6.45, 7) is 5.30. The molecule has 0 unspecified atom stereocenters. The number of nitrogens with zero attached hydrogens (tertiary/aromatic N) is 1. The van der Waals surface area contributed by atoms with Crippen molar-refractivity contribution in [3.8, 4) is 5.69 Å². The fraction of sp³-hybridized carbons (Fsp3) is 0.353. The summed E-state index contributed by atoms with van der Waals surface area (Å²) in [6.07, 6.45) is 4.97. The Kier molecular flexibility index (Phi) is 5.58. The van der Waals surface area contributed by atoms with Crippen LogP contribution >= 0.6 is 0 Å². The van der Waals surface area contributed by atoms with E-state index in [4.69, 9.17) is 4.74 Å². The third kappa shape index (κ3) is 4.76. The van der Waals surface area contributed by atoms with Crippen LogP contribution in [0.3, 0.4) is 0 Å². The Balaban J connectivity index is 1.87. The fourth-order valence-corrected chi connectivity index (χ4v) is 2.01. The van der Waals surface area contributed by atoms with Crippen molar-refractivity contribution < 1.29 is 9.53 Å². The van der Waals surface area contributed by atoms with Crippen molar-refractivity contribution >= 4 is 5.91 Å². The van der Waals surface area contributed by atoms with E-state index >= 15 is 0 Å². The van der Waals surface area contributed by atoms with Crippen LogP contribution in [0.4, 0.5) is 0 Å². The lowest BCUT2D eigenvalue weighted by Crippen LogP contribution is -2.25. The van der Waals surface area contributed by atoms with Crippen LogP contribution in [0.2, 0.25) is 0 Å². The van der Waals surface area contributed by atoms with Crippen molar-refractivity contribution in [3.05, 3.63) is 54.4 Å². The van der Waals surface area contributed by atoms with Crippen molar-refractivity contribution in [1.29, 1.82) is 0 Å². The largest absolute Gasteiger partial charge is 0.379 e. The van der Waals surface area contributed by atoms with E-state index in [1.54, 1.807) is 0 Å². The highest BCUT2D eigenvalue weighted by molar-refractivity contribution is 5.94. The van der Waals surface area contributed by atoms with Crippen LogP contribution in [0, 0.1) is 0 Å². The summed E-state index contributed by atoms with van der Waals surface area (Å²) in [5.41, 5.74) is 1.65. The predicted octanol–water partition coefficient (Wildman–Crippen LogP) is 3.02. The summed E-state index contributed by atoms with van der Waals surface area (Å²) >= 11 is 0.